The second kappa shape index (κ2) is 3.54. The Morgan fingerprint density at radius 2 is 1.90 bits per heavy atom. The lowest BCUT2D eigenvalue weighted by Gasteiger charge is -2.22. The maximum Gasteiger partial charge on any atom is 0.255 e. The number of halogens is 2. The average molecular weight is 274 g/mol. The lowest BCUT2D eigenvalue weighted by Crippen LogP contribution is -2.29. The van der Waals surface area contributed by atoms with Crippen molar-refractivity contribution < 1.29 is 8.78 Å². The van der Waals surface area contributed by atoms with Crippen molar-refractivity contribution in [1.29, 1.82) is 0 Å². The fourth-order valence-corrected chi connectivity index (χ4v) is 4.54. The third kappa shape index (κ3) is 1.18. The van der Waals surface area contributed by atoms with Crippen LogP contribution in [0.5, 0.6) is 0 Å². The molecule has 20 heavy (non-hydrogen) atoms. The van der Waals surface area contributed by atoms with Crippen LogP contribution >= 0.6 is 0 Å². The summed E-state index contributed by atoms with van der Waals surface area (Å²) in [6.07, 6.45) is 2.81. The average Bonchev–Trinajstić information content (AvgIpc) is 2.85. The number of benzene rings is 1. The van der Waals surface area contributed by atoms with E-state index in [-0.39, 0.29) is 12.3 Å². The van der Waals surface area contributed by atoms with Crippen LogP contribution in [0.15, 0.2) is 40.5 Å². The zero-order valence-corrected chi connectivity index (χ0v) is 11.3. The van der Waals surface area contributed by atoms with E-state index in [1.807, 2.05) is 37.3 Å². The molecule has 4 heteroatoms. The van der Waals surface area contributed by atoms with Crippen molar-refractivity contribution in [1.82, 2.24) is 0 Å². The highest BCUT2D eigenvalue weighted by Crippen LogP contribution is 2.80. The number of nitrogens with zero attached hydrogens (tertiary/aromatic N) is 2. The maximum atomic E-state index is 14.5. The summed E-state index contributed by atoms with van der Waals surface area (Å²) in [4.78, 5) is 0. The van der Waals surface area contributed by atoms with E-state index in [1.165, 1.54) is 0 Å². The monoisotopic (exact) mass is 274 g/mol. The molecule has 0 N–H and O–H groups in total. The fourth-order valence-electron chi connectivity index (χ4n) is 4.54. The van der Waals surface area contributed by atoms with Crippen molar-refractivity contribution in [3.8, 4) is 0 Å². The van der Waals surface area contributed by atoms with Gasteiger partial charge in [0, 0.05) is 24.0 Å². The van der Waals surface area contributed by atoms with Crippen LogP contribution in [0.2, 0.25) is 0 Å². The molecule has 3 unspecified atom stereocenters. The van der Waals surface area contributed by atoms with Gasteiger partial charge in [0.2, 0.25) is 0 Å². The van der Waals surface area contributed by atoms with E-state index in [0.29, 0.717) is 12.8 Å². The summed E-state index contributed by atoms with van der Waals surface area (Å²) in [5, 5.41) is 8.25. The number of hydrogen-bond donors (Lipinski definition) is 0. The fraction of sp³-hybridized carbons (Fsp3) is 0.500. The Hall–Kier alpha value is -1.58. The summed E-state index contributed by atoms with van der Waals surface area (Å²) in [7, 11) is 0. The van der Waals surface area contributed by atoms with Gasteiger partial charge in [-0.3, -0.25) is 0 Å². The first kappa shape index (κ1) is 12.2. The van der Waals surface area contributed by atoms with Crippen molar-refractivity contribution in [2.45, 2.75) is 32.1 Å². The van der Waals surface area contributed by atoms with Gasteiger partial charge in [0.1, 0.15) is 0 Å². The first-order valence-electron chi connectivity index (χ1n) is 7.08. The molecule has 2 saturated carbocycles. The minimum Gasteiger partial charge on any atom is -0.206 e. The second-order valence-electron chi connectivity index (χ2n) is 6.34. The summed E-state index contributed by atoms with van der Waals surface area (Å²) in [5.74, 6) is -2.81. The molecule has 2 aliphatic carbocycles. The van der Waals surface area contributed by atoms with Crippen molar-refractivity contribution in [2.75, 3.05) is 0 Å². The van der Waals surface area contributed by atoms with Gasteiger partial charge in [0.15, 0.2) is 0 Å². The summed E-state index contributed by atoms with van der Waals surface area (Å²) in [6.45, 7) is 1.91. The molecule has 0 saturated heterocycles. The molecule has 0 radical (unpaired) electrons. The predicted molar refractivity (Wildman–Crippen MR) is 74.3 cm³/mol. The zero-order valence-electron chi connectivity index (χ0n) is 11.3. The van der Waals surface area contributed by atoms with E-state index in [0.717, 1.165) is 11.3 Å². The Balaban J connectivity index is 1.83. The first-order chi connectivity index (χ1) is 9.53. The van der Waals surface area contributed by atoms with Gasteiger partial charge in [0.25, 0.3) is 5.92 Å². The molecule has 2 nitrogen and oxygen atoms in total. The Morgan fingerprint density at radius 1 is 1.15 bits per heavy atom. The van der Waals surface area contributed by atoms with Crippen LogP contribution in [0.1, 0.15) is 31.7 Å². The molecular weight excluding hydrogens is 258 g/mol. The van der Waals surface area contributed by atoms with E-state index in [4.69, 9.17) is 0 Å². The van der Waals surface area contributed by atoms with Gasteiger partial charge < -0.3 is 0 Å². The smallest absolute Gasteiger partial charge is 0.206 e. The second-order valence-corrected chi connectivity index (χ2v) is 6.34. The van der Waals surface area contributed by atoms with Crippen LogP contribution in [-0.2, 0) is 0 Å². The quantitative estimate of drug-likeness (QED) is 0.741. The SMILES string of the molecule is CC12C=NN=C(c3ccccc3)C1C21CCCC1(F)F. The number of rotatable bonds is 1. The largest absolute Gasteiger partial charge is 0.255 e. The van der Waals surface area contributed by atoms with Gasteiger partial charge in [-0.25, -0.2) is 8.78 Å². The van der Waals surface area contributed by atoms with Gasteiger partial charge in [-0.2, -0.15) is 10.2 Å². The highest BCUT2D eigenvalue weighted by Gasteiger charge is 2.85. The minimum absolute atomic E-state index is 0.00496. The molecule has 3 aliphatic rings. The number of fused-ring (bicyclic) bond motifs is 3. The van der Waals surface area contributed by atoms with Crippen molar-refractivity contribution in [3.63, 3.8) is 0 Å². The van der Waals surface area contributed by atoms with Crippen molar-refractivity contribution in [3.05, 3.63) is 35.9 Å². The lowest BCUT2D eigenvalue weighted by atomic mass is 9.90. The van der Waals surface area contributed by atoms with Crippen LogP contribution in [0.25, 0.3) is 0 Å². The predicted octanol–water partition coefficient (Wildman–Crippen LogP) is 3.92. The van der Waals surface area contributed by atoms with Crippen molar-refractivity contribution >= 4 is 11.9 Å². The Labute approximate surface area is 116 Å². The molecule has 1 spiro atoms. The maximum absolute atomic E-state index is 14.5. The van der Waals surface area contributed by atoms with Crippen LogP contribution in [0, 0.1) is 16.7 Å². The van der Waals surface area contributed by atoms with E-state index in [1.54, 1.807) is 6.21 Å². The molecular formula is C16H16F2N2. The lowest BCUT2D eigenvalue weighted by molar-refractivity contribution is -0.0618. The van der Waals surface area contributed by atoms with Crippen molar-refractivity contribution in [2.24, 2.45) is 27.0 Å². The standard InChI is InChI=1S/C16H16F2N2/c1-14-10-19-20-12(11-6-3-2-4-7-11)13(14)15(14)8-5-9-16(15,17)18/h2-4,6-7,10,13H,5,8-9H2,1H3. The molecule has 2 fully saturated rings. The molecule has 1 heterocycles. The highest BCUT2D eigenvalue weighted by atomic mass is 19.3. The van der Waals surface area contributed by atoms with Gasteiger partial charge in [-0.1, -0.05) is 37.3 Å². The van der Waals surface area contributed by atoms with E-state index < -0.39 is 16.8 Å². The minimum atomic E-state index is -2.61. The van der Waals surface area contributed by atoms with Gasteiger partial charge in [-0.15, -0.1) is 0 Å². The number of alkyl halides is 2. The van der Waals surface area contributed by atoms with Crippen LogP contribution in [0.4, 0.5) is 8.78 Å². The van der Waals surface area contributed by atoms with Gasteiger partial charge in [-0.05, 0) is 18.4 Å². The molecule has 1 aromatic carbocycles. The Bertz CT molecular complexity index is 623. The van der Waals surface area contributed by atoms with E-state index in [2.05, 4.69) is 10.2 Å². The van der Waals surface area contributed by atoms with Crippen LogP contribution in [0.3, 0.4) is 0 Å². The molecule has 3 atom stereocenters. The van der Waals surface area contributed by atoms with Gasteiger partial charge in [0.05, 0.1) is 11.1 Å². The molecule has 4 rings (SSSR count). The molecule has 0 aromatic heterocycles. The number of hydrogen-bond acceptors (Lipinski definition) is 2. The Kier molecular flexibility index (Phi) is 2.16. The zero-order chi connectivity index (χ0) is 14.0. The van der Waals surface area contributed by atoms with E-state index in [9.17, 15) is 8.78 Å². The Morgan fingerprint density at radius 3 is 2.55 bits per heavy atom. The highest BCUT2D eigenvalue weighted by molar-refractivity contribution is 6.09. The van der Waals surface area contributed by atoms with Crippen LogP contribution < -0.4 is 0 Å². The molecule has 1 aromatic rings. The summed E-state index contributed by atoms with van der Waals surface area (Å²) in [6, 6.07) is 9.60. The van der Waals surface area contributed by atoms with E-state index >= 15 is 0 Å². The molecule has 1 aliphatic heterocycles. The third-order valence-corrected chi connectivity index (χ3v) is 5.52. The molecule has 0 amide bonds. The normalized spacial score (nSPS) is 40.5. The summed E-state index contributed by atoms with van der Waals surface area (Å²) in [5.41, 5.74) is 0.145. The third-order valence-electron chi connectivity index (χ3n) is 5.52. The summed E-state index contributed by atoms with van der Waals surface area (Å²) < 4.78 is 29.0. The summed E-state index contributed by atoms with van der Waals surface area (Å²) >= 11 is 0. The van der Waals surface area contributed by atoms with Crippen LogP contribution in [-0.4, -0.2) is 17.8 Å². The van der Waals surface area contributed by atoms with Gasteiger partial charge >= 0.3 is 0 Å². The molecule has 0 bridgehead atoms. The first-order valence-corrected chi connectivity index (χ1v) is 7.08. The topological polar surface area (TPSA) is 24.7 Å². The molecule has 104 valence electrons.